The molecule has 3 rings (SSSR count). The van der Waals surface area contributed by atoms with Gasteiger partial charge in [0.1, 0.15) is 10.6 Å². The van der Waals surface area contributed by atoms with E-state index >= 15 is 0 Å². The van der Waals surface area contributed by atoms with Crippen molar-refractivity contribution in [2.45, 2.75) is 25.2 Å². The fraction of sp³-hybridized carbons (Fsp3) is 0.235. The van der Waals surface area contributed by atoms with Crippen LogP contribution in [0.2, 0.25) is 0 Å². The fourth-order valence-corrected chi connectivity index (χ4v) is 3.88. The second kappa shape index (κ2) is 6.16. The van der Waals surface area contributed by atoms with Crippen LogP contribution in [0.5, 0.6) is 5.75 Å². The van der Waals surface area contributed by atoms with Gasteiger partial charge in [-0.05, 0) is 55.3 Å². The number of hydrogen-bond donors (Lipinski definition) is 2. The van der Waals surface area contributed by atoms with E-state index < -0.39 is 10.0 Å². The predicted octanol–water partition coefficient (Wildman–Crippen LogP) is 2.69. The standard InChI is InChI=1S/C17H18N2O4S/c1-3-23-15-7-4-11(2)8-16(15)24(21,22)19-13-5-6-14-12(9-13)10-17(20)18-14/h4-9,19H,3,10H2,1-2H3,(H,18,20). The molecule has 0 saturated heterocycles. The summed E-state index contributed by atoms with van der Waals surface area (Å²) in [5.41, 5.74) is 2.72. The molecule has 1 heterocycles. The van der Waals surface area contributed by atoms with Crippen molar-refractivity contribution >= 4 is 27.3 Å². The van der Waals surface area contributed by atoms with E-state index in [1.807, 2.05) is 6.92 Å². The maximum Gasteiger partial charge on any atom is 0.265 e. The van der Waals surface area contributed by atoms with Crippen LogP contribution in [-0.4, -0.2) is 20.9 Å². The van der Waals surface area contributed by atoms with Crippen molar-refractivity contribution < 1.29 is 17.9 Å². The molecule has 0 unspecified atom stereocenters. The molecule has 24 heavy (non-hydrogen) atoms. The summed E-state index contributed by atoms with van der Waals surface area (Å²) in [7, 11) is -3.80. The molecule has 0 radical (unpaired) electrons. The van der Waals surface area contributed by atoms with Gasteiger partial charge in [0.05, 0.1) is 13.0 Å². The molecule has 0 bridgehead atoms. The Morgan fingerprint density at radius 3 is 2.75 bits per heavy atom. The maximum absolute atomic E-state index is 12.7. The molecular formula is C17H18N2O4S. The number of aryl methyl sites for hydroxylation is 1. The number of benzene rings is 2. The first-order valence-electron chi connectivity index (χ1n) is 7.58. The van der Waals surface area contributed by atoms with Crippen molar-refractivity contribution in [3.63, 3.8) is 0 Å². The summed E-state index contributed by atoms with van der Waals surface area (Å²) < 4.78 is 33.5. The highest BCUT2D eigenvalue weighted by molar-refractivity contribution is 7.92. The van der Waals surface area contributed by atoms with Crippen LogP contribution in [-0.2, 0) is 21.2 Å². The summed E-state index contributed by atoms with van der Waals surface area (Å²) in [6.07, 6.45) is 0.250. The lowest BCUT2D eigenvalue weighted by molar-refractivity contribution is -0.115. The molecule has 7 heteroatoms. The van der Waals surface area contributed by atoms with Gasteiger partial charge in [-0.15, -0.1) is 0 Å². The van der Waals surface area contributed by atoms with Gasteiger partial charge in [0.15, 0.2) is 0 Å². The number of rotatable bonds is 5. The van der Waals surface area contributed by atoms with Crippen LogP contribution in [0.25, 0.3) is 0 Å². The summed E-state index contributed by atoms with van der Waals surface area (Å²) >= 11 is 0. The lowest BCUT2D eigenvalue weighted by Crippen LogP contribution is -2.15. The van der Waals surface area contributed by atoms with Gasteiger partial charge < -0.3 is 10.1 Å². The fourth-order valence-electron chi connectivity index (χ4n) is 2.60. The van der Waals surface area contributed by atoms with Gasteiger partial charge in [-0.3, -0.25) is 9.52 Å². The first-order chi connectivity index (χ1) is 11.4. The minimum Gasteiger partial charge on any atom is -0.492 e. The Morgan fingerprint density at radius 2 is 2.00 bits per heavy atom. The van der Waals surface area contributed by atoms with Gasteiger partial charge in [0.25, 0.3) is 10.0 Å². The molecule has 0 fully saturated rings. The van der Waals surface area contributed by atoms with Crippen molar-refractivity contribution in [2.24, 2.45) is 0 Å². The highest BCUT2D eigenvalue weighted by atomic mass is 32.2. The molecule has 2 aromatic carbocycles. The zero-order valence-electron chi connectivity index (χ0n) is 13.4. The predicted molar refractivity (Wildman–Crippen MR) is 91.9 cm³/mol. The van der Waals surface area contributed by atoms with E-state index in [-0.39, 0.29) is 17.2 Å². The number of anilines is 2. The summed E-state index contributed by atoms with van der Waals surface area (Å²) in [5, 5.41) is 2.72. The molecule has 0 spiro atoms. The molecule has 1 aliphatic rings. The SMILES string of the molecule is CCOc1ccc(C)cc1S(=O)(=O)Nc1ccc2c(c1)CC(=O)N2. The molecule has 0 atom stereocenters. The van der Waals surface area contributed by atoms with Crippen molar-refractivity contribution in [3.8, 4) is 5.75 Å². The molecule has 126 valence electrons. The first-order valence-corrected chi connectivity index (χ1v) is 9.06. The maximum atomic E-state index is 12.7. The Hall–Kier alpha value is -2.54. The van der Waals surface area contributed by atoms with Crippen molar-refractivity contribution in [3.05, 3.63) is 47.5 Å². The van der Waals surface area contributed by atoms with Gasteiger partial charge in [0, 0.05) is 11.4 Å². The largest absolute Gasteiger partial charge is 0.492 e. The Labute approximate surface area is 140 Å². The van der Waals surface area contributed by atoms with Crippen molar-refractivity contribution in [1.29, 1.82) is 0 Å². The number of sulfonamides is 1. The van der Waals surface area contributed by atoms with E-state index in [1.54, 1.807) is 43.3 Å². The minimum absolute atomic E-state index is 0.0951. The number of fused-ring (bicyclic) bond motifs is 1. The normalized spacial score (nSPS) is 13.3. The van der Waals surface area contributed by atoms with Crippen LogP contribution in [0.3, 0.4) is 0 Å². The van der Waals surface area contributed by atoms with E-state index in [2.05, 4.69) is 10.0 Å². The third-order valence-electron chi connectivity index (χ3n) is 3.67. The summed E-state index contributed by atoms with van der Waals surface area (Å²) in [4.78, 5) is 11.5. The van der Waals surface area contributed by atoms with Gasteiger partial charge in [-0.2, -0.15) is 0 Å². The molecule has 1 amide bonds. The molecule has 0 aliphatic carbocycles. The average molecular weight is 346 g/mol. The Morgan fingerprint density at radius 1 is 1.21 bits per heavy atom. The summed E-state index contributed by atoms with van der Waals surface area (Å²) in [6, 6.07) is 10.0. The lowest BCUT2D eigenvalue weighted by Gasteiger charge is -2.14. The number of hydrogen-bond acceptors (Lipinski definition) is 4. The quantitative estimate of drug-likeness (QED) is 0.872. The van der Waals surface area contributed by atoms with Crippen LogP contribution in [0, 0.1) is 6.92 Å². The third-order valence-corrected chi connectivity index (χ3v) is 5.07. The van der Waals surface area contributed by atoms with Gasteiger partial charge in [0.2, 0.25) is 5.91 Å². The molecule has 0 saturated carbocycles. The molecule has 2 N–H and O–H groups in total. The van der Waals surface area contributed by atoms with Crippen LogP contribution in [0.1, 0.15) is 18.1 Å². The van der Waals surface area contributed by atoms with Gasteiger partial charge in [-0.1, -0.05) is 6.07 Å². The van der Waals surface area contributed by atoms with Crippen LogP contribution < -0.4 is 14.8 Å². The Bertz CT molecular complexity index is 907. The van der Waals surface area contributed by atoms with E-state index in [9.17, 15) is 13.2 Å². The molecule has 2 aromatic rings. The van der Waals surface area contributed by atoms with E-state index in [1.165, 1.54) is 0 Å². The smallest absolute Gasteiger partial charge is 0.265 e. The lowest BCUT2D eigenvalue weighted by atomic mass is 10.1. The zero-order chi connectivity index (χ0) is 17.3. The number of ether oxygens (including phenoxy) is 1. The molecule has 6 nitrogen and oxygen atoms in total. The minimum atomic E-state index is -3.80. The topological polar surface area (TPSA) is 84.5 Å². The van der Waals surface area contributed by atoms with E-state index in [0.29, 0.717) is 23.7 Å². The molecule has 1 aliphatic heterocycles. The average Bonchev–Trinajstić information content (AvgIpc) is 2.88. The summed E-state index contributed by atoms with van der Waals surface area (Å²) in [6.45, 7) is 3.99. The zero-order valence-corrected chi connectivity index (χ0v) is 14.2. The van der Waals surface area contributed by atoms with E-state index in [4.69, 9.17) is 4.74 Å². The Balaban J connectivity index is 1.94. The third kappa shape index (κ3) is 3.21. The molecular weight excluding hydrogens is 328 g/mol. The van der Waals surface area contributed by atoms with E-state index in [0.717, 1.165) is 11.1 Å². The van der Waals surface area contributed by atoms with Crippen molar-refractivity contribution in [1.82, 2.24) is 0 Å². The van der Waals surface area contributed by atoms with Crippen LogP contribution in [0.15, 0.2) is 41.3 Å². The number of carbonyl (C=O) groups is 1. The number of nitrogens with one attached hydrogen (secondary N) is 2. The second-order valence-corrected chi connectivity index (χ2v) is 7.24. The van der Waals surface area contributed by atoms with Crippen LogP contribution in [0.4, 0.5) is 11.4 Å². The number of carbonyl (C=O) groups excluding carboxylic acids is 1. The van der Waals surface area contributed by atoms with Gasteiger partial charge in [-0.25, -0.2) is 8.42 Å². The van der Waals surface area contributed by atoms with Crippen LogP contribution >= 0.6 is 0 Å². The monoisotopic (exact) mass is 346 g/mol. The first kappa shape index (κ1) is 16.3. The van der Waals surface area contributed by atoms with Crippen molar-refractivity contribution in [2.75, 3.05) is 16.6 Å². The van der Waals surface area contributed by atoms with Gasteiger partial charge >= 0.3 is 0 Å². The highest BCUT2D eigenvalue weighted by Gasteiger charge is 2.22. The highest BCUT2D eigenvalue weighted by Crippen LogP contribution is 2.30. The summed E-state index contributed by atoms with van der Waals surface area (Å²) in [5.74, 6) is 0.218. The second-order valence-electron chi connectivity index (χ2n) is 5.59. The number of amides is 1. The molecule has 0 aromatic heterocycles. The Kier molecular flexibility index (Phi) is 4.19.